The summed E-state index contributed by atoms with van der Waals surface area (Å²) in [6.45, 7) is 4.18. The highest BCUT2D eigenvalue weighted by Gasteiger charge is 2.20. The van der Waals surface area contributed by atoms with E-state index >= 15 is 0 Å². The number of hydrogen-bond donors (Lipinski definition) is 0. The minimum Gasteiger partial charge on any atom is -0.493 e. The molecule has 2 aromatic carbocycles. The highest BCUT2D eigenvalue weighted by atomic mass is 16.5. The monoisotopic (exact) mass is 399 g/mol. The van der Waals surface area contributed by atoms with Crippen molar-refractivity contribution in [3.05, 3.63) is 53.6 Å². The lowest BCUT2D eigenvalue weighted by atomic mass is 10.1. The molecule has 29 heavy (non-hydrogen) atoms. The Balaban J connectivity index is 1.68. The van der Waals surface area contributed by atoms with Crippen LogP contribution in [0, 0.1) is 0 Å². The highest BCUT2D eigenvalue weighted by molar-refractivity contribution is 5.96. The number of carbonyl (C=O) groups is 1. The molecular formula is C23H29NO5. The summed E-state index contributed by atoms with van der Waals surface area (Å²) in [6, 6.07) is 13.1. The van der Waals surface area contributed by atoms with Gasteiger partial charge in [-0.05, 0) is 49.6 Å². The molecule has 0 spiro atoms. The Bertz CT molecular complexity index is 817. The Hall–Kier alpha value is -2.73. The molecule has 1 aliphatic rings. The normalized spacial score (nSPS) is 15.8. The van der Waals surface area contributed by atoms with Crippen LogP contribution in [0.2, 0.25) is 0 Å². The van der Waals surface area contributed by atoms with Gasteiger partial charge in [-0.1, -0.05) is 18.2 Å². The Kier molecular flexibility index (Phi) is 7.36. The van der Waals surface area contributed by atoms with Crippen molar-refractivity contribution in [2.24, 2.45) is 0 Å². The summed E-state index contributed by atoms with van der Waals surface area (Å²) >= 11 is 0. The van der Waals surface area contributed by atoms with Crippen LogP contribution >= 0.6 is 0 Å². The summed E-state index contributed by atoms with van der Waals surface area (Å²) in [5, 5.41) is 0. The molecule has 1 aliphatic heterocycles. The van der Waals surface area contributed by atoms with E-state index in [0.717, 1.165) is 25.0 Å². The van der Waals surface area contributed by atoms with Crippen LogP contribution in [-0.4, -0.2) is 50.9 Å². The van der Waals surface area contributed by atoms with Crippen LogP contribution in [0.4, 0.5) is 0 Å². The van der Waals surface area contributed by atoms with Crippen LogP contribution < -0.4 is 14.2 Å². The molecule has 1 unspecified atom stereocenters. The molecule has 0 bridgehead atoms. The zero-order valence-electron chi connectivity index (χ0n) is 17.3. The fraction of sp³-hybridized carbons (Fsp3) is 0.435. The molecule has 2 aromatic rings. The molecular weight excluding hydrogens is 370 g/mol. The smallest absolute Gasteiger partial charge is 0.257 e. The summed E-state index contributed by atoms with van der Waals surface area (Å²) in [5.74, 6) is 1.84. The van der Waals surface area contributed by atoms with Gasteiger partial charge in [0.25, 0.3) is 5.91 Å². The number of hydrogen-bond acceptors (Lipinski definition) is 5. The van der Waals surface area contributed by atoms with E-state index in [-0.39, 0.29) is 12.0 Å². The van der Waals surface area contributed by atoms with Gasteiger partial charge < -0.3 is 23.8 Å². The Morgan fingerprint density at radius 3 is 2.69 bits per heavy atom. The Labute approximate surface area is 172 Å². The number of carbonyl (C=O) groups excluding carboxylic acids is 1. The van der Waals surface area contributed by atoms with Gasteiger partial charge in [0.05, 0.1) is 25.4 Å². The second kappa shape index (κ2) is 10.2. The maximum atomic E-state index is 13.0. The topological polar surface area (TPSA) is 57.2 Å². The first kappa shape index (κ1) is 21.0. The summed E-state index contributed by atoms with van der Waals surface area (Å²) < 4.78 is 22.5. The zero-order chi connectivity index (χ0) is 20.6. The maximum Gasteiger partial charge on any atom is 0.257 e. The maximum absolute atomic E-state index is 13.0. The van der Waals surface area contributed by atoms with Gasteiger partial charge in [0.15, 0.2) is 11.5 Å². The van der Waals surface area contributed by atoms with Crippen LogP contribution in [-0.2, 0) is 11.3 Å². The highest BCUT2D eigenvalue weighted by Crippen LogP contribution is 2.29. The van der Waals surface area contributed by atoms with Gasteiger partial charge in [0.2, 0.25) is 0 Å². The largest absolute Gasteiger partial charge is 0.493 e. The Morgan fingerprint density at radius 1 is 1.14 bits per heavy atom. The number of para-hydroxylation sites is 1. The third kappa shape index (κ3) is 5.41. The number of ether oxygens (including phenoxy) is 4. The lowest BCUT2D eigenvalue weighted by Crippen LogP contribution is -2.27. The van der Waals surface area contributed by atoms with Crippen LogP contribution in [0.15, 0.2) is 42.5 Å². The van der Waals surface area contributed by atoms with Gasteiger partial charge >= 0.3 is 0 Å². The average Bonchev–Trinajstić information content (AvgIpc) is 3.27. The van der Waals surface area contributed by atoms with E-state index in [0.29, 0.717) is 42.6 Å². The number of nitrogens with zero attached hydrogens (tertiary/aromatic N) is 1. The van der Waals surface area contributed by atoms with Crippen molar-refractivity contribution in [2.75, 3.05) is 34.0 Å². The van der Waals surface area contributed by atoms with Crippen molar-refractivity contribution >= 4 is 5.91 Å². The quantitative estimate of drug-likeness (QED) is 0.640. The molecule has 1 fully saturated rings. The zero-order valence-corrected chi connectivity index (χ0v) is 17.3. The molecule has 0 N–H and O–H groups in total. The van der Waals surface area contributed by atoms with E-state index in [1.807, 2.05) is 43.3 Å². The van der Waals surface area contributed by atoms with Crippen molar-refractivity contribution in [1.82, 2.24) is 4.90 Å². The van der Waals surface area contributed by atoms with Gasteiger partial charge in [-0.2, -0.15) is 0 Å². The third-order valence-electron chi connectivity index (χ3n) is 4.86. The van der Waals surface area contributed by atoms with E-state index in [2.05, 4.69) is 0 Å². The van der Waals surface area contributed by atoms with Gasteiger partial charge in [0.1, 0.15) is 12.4 Å². The average molecular weight is 399 g/mol. The number of rotatable bonds is 9. The standard InChI is InChI=1S/C23H29NO5/c1-4-27-21-12-11-17(14-22(21)26-3)15-24(2)23(25)19-9-5-6-10-20(19)29-16-18-8-7-13-28-18/h5-6,9-12,14,18H,4,7-8,13,15-16H2,1-3H3. The van der Waals surface area contributed by atoms with Crippen molar-refractivity contribution in [2.45, 2.75) is 32.4 Å². The van der Waals surface area contributed by atoms with Gasteiger partial charge in [-0.25, -0.2) is 0 Å². The molecule has 156 valence electrons. The van der Waals surface area contributed by atoms with Crippen LogP contribution in [0.5, 0.6) is 17.2 Å². The van der Waals surface area contributed by atoms with Crippen molar-refractivity contribution < 1.29 is 23.7 Å². The van der Waals surface area contributed by atoms with Crippen LogP contribution in [0.3, 0.4) is 0 Å². The minimum absolute atomic E-state index is 0.0965. The van der Waals surface area contributed by atoms with Crippen molar-refractivity contribution in [3.63, 3.8) is 0 Å². The first-order chi connectivity index (χ1) is 14.1. The first-order valence-corrected chi connectivity index (χ1v) is 10.0. The molecule has 1 atom stereocenters. The fourth-order valence-electron chi connectivity index (χ4n) is 3.36. The molecule has 1 heterocycles. The molecule has 0 radical (unpaired) electrons. The first-order valence-electron chi connectivity index (χ1n) is 10.0. The summed E-state index contributed by atoms with van der Waals surface area (Å²) in [4.78, 5) is 14.7. The molecule has 1 saturated heterocycles. The predicted molar refractivity (Wildman–Crippen MR) is 111 cm³/mol. The molecule has 0 aromatic heterocycles. The molecule has 3 rings (SSSR count). The van der Waals surface area contributed by atoms with E-state index in [1.54, 1.807) is 25.1 Å². The summed E-state index contributed by atoms with van der Waals surface area (Å²) in [5.41, 5.74) is 1.50. The van der Waals surface area contributed by atoms with Gasteiger partial charge in [0, 0.05) is 20.2 Å². The van der Waals surface area contributed by atoms with E-state index in [4.69, 9.17) is 18.9 Å². The van der Waals surface area contributed by atoms with Crippen molar-refractivity contribution in [1.29, 1.82) is 0 Å². The third-order valence-corrected chi connectivity index (χ3v) is 4.86. The molecule has 0 aliphatic carbocycles. The van der Waals surface area contributed by atoms with E-state index in [1.165, 1.54) is 0 Å². The number of amides is 1. The van der Waals surface area contributed by atoms with Crippen molar-refractivity contribution in [3.8, 4) is 17.2 Å². The summed E-state index contributed by atoms with van der Waals surface area (Å²) in [7, 11) is 3.39. The van der Waals surface area contributed by atoms with Gasteiger partial charge in [-0.15, -0.1) is 0 Å². The van der Waals surface area contributed by atoms with Crippen LogP contribution in [0.25, 0.3) is 0 Å². The number of methoxy groups -OCH3 is 1. The lowest BCUT2D eigenvalue weighted by molar-refractivity contribution is 0.0656. The number of benzene rings is 2. The molecule has 6 nitrogen and oxygen atoms in total. The van der Waals surface area contributed by atoms with E-state index in [9.17, 15) is 4.79 Å². The Morgan fingerprint density at radius 2 is 1.97 bits per heavy atom. The van der Waals surface area contributed by atoms with Crippen LogP contribution in [0.1, 0.15) is 35.7 Å². The second-order valence-corrected chi connectivity index (χ2v) is 7.02. The minimum atomic E-state index is -0.0965. The molecule has 0 saturated carbocycles. The predicted octanol–water partition coefficient (Wildman–Crippen LogP) is 3.92. The molecule has 1 amide bonds. The second-order valence-electron chi connectivity index (χ2n) is 7.02. The summed E-state index contributed by atoms with van der Waals surface area (Å²) in [6.07, 6.45) is 2.16. The fourth-order valence-corrected chi connectivity index (χ4v) is 3.36. The van der Waals surface area contributed by atoms with Gasteiger partial charge in [-0.3, -0.25) is 4.79 Å². The van der Waals surface area contributed by atoms with E-state index < -0.39 is 0 Å². The lowest BCUT2D eigenvalue weighted by Gasteiger charge is -2.20. The SMILES string of the molecule is CCOc1ccc(CN(C)C(=O)c2ccccc2OCC2CCCO2)cc1OC. The molecule has 6 heteroatoms.